The summed E-state index contributed by atoms with van der Waals surface area (Å²) in [5.74, 6) is 0.855. The summed E-state index contributed by atoms with van der Waals surface area (Å²) in [6, 6.07) is 13.5. The van der Waals surface area contributed by atoms with Gasteiger partial charge in [0, 0.05) is 4.88 Å². The first-order valence-electron chi connectivity index (χ1n) is 6.23. The van der Waals surface area contributed by atoms with E-state index in [0.29, 0.717) is 13.0 Å². The molecule has 1 heterocycles. The molecule has 0 spiro atoms. The topological polar surface area (TPSA) is 38.3 Å². The normalized spacial score (nSPS) is 11.8. The lowest BCUT2D eigenvalue weighted by Gasteiger charge is -2.14. The highest BCUT2D eigenvalue weighted by atomic mass is 32.1. The van der Waals surface area contributed by atoms with Gasteiger partial charge in [-0.15, -0.1) is 11.3 Å². The average Bonchev–Trinajstić information content (AvgIpc) is 2.90. The lowest BCUT2D eigenvalue weighted by atomic mass is 10.3. The first-order chi connectivity index (χ1) is 9.24. The summed E-state index contributed by atoms with van der Waals surface area (Å²) in [6.07, 6.45) is 0.438. The molecule has 2 aromatic rings. The van der Waals surface area contributed by atoms with Crippen molar-refractivity contribution in [1.29, 1.82) is 0 Å². The number of rotatable bonds is 6. The molecule has 1 N–H and O–H groups in total. The summed E-state index contributed by atoms with van der Waals surface area (Å²) in [5.41, 5.74) is 0. The monoisotopic (exact) mass is 275 g/mol. The standard InChI is InChI=1S/C15H17NO2S/c1-12(11-18-13-6-3-2-4-7-13)16-15(17)10-14-8-5-9-19-14/h2-9,12H,10-11H2,1H3,(H,16,17)/t12-/m0/s1. The van der Waals surface area contributed by atoms with Crippen LogP contribution in [0.5, 0.6) is 5.75 Å². The number of ether oxygens (including phenoxy) is 1. The molecule has 0 fully saturated rings. The molecule has 1 amide bonds. The van der Waals surface area contributed by atoms with Gasteiger partial charge < -0.3 is 10.1 Å². The Hall–Kier alpha value is -1.81. The predicted molar refractivity (Wildman–Crippen MR) is 77.6 cm³/mol. The lowest BCUT2D eigenvalue weighted by molar-refractivity contribution is -0.121. The van der Waals surface area contributed by atoms with Gasteiger partial charge in [0.05, 0.1) is 12.5 Å². The molecule has 19 heavy (non-hydrogen) atoms. The summed E-state index contributed by atoms with van der Waals surface area (Å²) in [4.78, 5) is 12.8. The van der Waals surface area contributed by atoms with Crippen molar-refractivity contribution in [1.82, 2.24) is 5.32 Å². The van der Waals surface area contributed by atoms with E-state index in [9.17, 15) is 4.79 Å². The number of benzene rings is 1. The largest absolute Gasteiger partial charge is 0.491 e. The summed E-state index contributed by atoms with van der Waals surface area (Å²) in [6.45, 7) is 2.41. The Labute approximate surface area is 117 Å². The molecule has 0 aliphatic carbocycles. The number of nitrogens with one attached hydrogen (secondary N) is 1. The van der Waals surface area contributed by atoms with Gasteiger partial charge in [-0.05, 0) is 30.5 Å². The van der Waals surface area contributed by atoms with Crippen LogP contribution in [0.4, 0.5) is 0 Å². The third-order valence-electron chi connectivity index (χ3n) is 2.57. The van der Waals surface area contributed by atoms with Crippen molar-refractivity contribution in [3.8, 4) is 5.75 Å². The smallest absolute Gasteiger partial charge is 0.225 e. The van der Waals surface area contributed by atoms with E-state index >= 15 is 0 Å². The van der Waals surface area contributed by atoms with E-state index in [4.69, 9.17) is 4.74 Å². The Kier molecular flexibility index (Phi) is 4.98. The highest BCUT2D eigenvalue weighted by Gasteiger charge is 2.09. The van der Waals surface area contributed by atoms with E-state index in [-0.39, 0.29) is 11.9 Å². The fourth-order valence-corrected chi connectivity index (χ4v) is 2.38. The van der Waals surface area contributed by atoms with Crippen LogP contribution in [-0.2, 0) is 11.2 Å². The lowest BCUT2D eigenvalue weighted by Crippen LogP contribution is -2.37. The molecule has 1 atom stereocenters. The van der Waals surface area contributed by atoms with Gasteiger partial charge in [0.15, 0.2) is 0 Å². The van der Waals surface area contributed by atoms with Gasteiger partial charge in [-0.1, -0.05) is 24.3 Å². The van der Waals surface area contributed by atoms with Crippen molar-refractivity contribution in [3.63, 3.8) is 0 Å². The zero-order chi connectivity index (χ0) is 13.5. The second kappa shape index (κ2) is 6.95. The molecule has 1 aromatic carbocycles. The van der Waals surface area contributed by atoms with E-state index < -0.39 is 0 Å². The van der Waals surface area contributed by atoms with E-state index in [0.717, 1.165) is 10.6 Å². The van der Waals surface area contributed by atoms with Crippen LogP contribution in [0.15, 0.2) is 47.8 Å². The number of carbonyl (C=O) groups is 1. The third kappa shape index (κ3) is 4.75. The second-order valence-electron chi connectivity index (χ2n) is 4.35. The minimum absolute atomic E-state index is 0.00679. The van der Waals surface area contributed by atoms with Gasteiger partial charge in [0.1, 0.15) is 12.4 Å². The summed E-state index contributed by atoms with van der Waals surface area (Å²) in [5, 5.41) is 4.91. The molecule has 3 nitrogen and oxygen atoms in total. The van der Waals surface area contributed by atoms with Crippen LogP contribution in [-0.4, -0.2) is 18.6 Å². The summed E-state index contributed by atoms with van der Waals surface area (Å²) >= 11 is 1.60. The van der Waals surface area contributed by atoms with Gasteiger partial charge in [0.2, 0.25) is 5.91 Å². The third-order valence-corrected chi connectivity index (χ3v) is 3.44. The molecular formula is C15H17NO2S. The van der Waals surface area contributed by atoms with Crippen molar-refractivity contribution in [2.75, 3.05) is 6.61 Å². The predicted octanol–water partition coefficient (Wildman–Crippen LogP) is 2.87. The maximum Gasteiger partial charge on any atom is 0.225 e. The van der Waals surface area contributed by atoms with Crippen molar-refractivity contribution in [2.24, 2.45) is 0 Å². The van der Waals surface area contributed by atoms with E-state index in [2.05, 4.69) is 5.32 Å². The fraction of sp³-hybridized carbons (Fsp3) is 0.267. The van der Waals surface area contributed by atoms with E-state index in [1.165, 1.54) is 0 Å². The molecule has 4 heteroatoms. The molecule has 0 aliphatic heterocycles. The molecule has 100 valence electrons. The fourth-order valence-electron chi connectivity index (χ4n) is 1.68. The minimum Gasteiger partial charge on any atom is -0.491 e. The number of thiophene rings is 1. The van der Waals surface area contributed by atoms with Gasteiger partial charge >= 0.3 is 0 Å². The number of hydrogen-bond donors (Lipinski definition) is 1. The minimum atomic E-state index is -0.00679. The molecule has 2 rings (SSSR count). The SMILES string of the molecule is C[C@@H](COc1ccccc1)NC(=O)Cc1cccs1. The quantitative estimate of drug-likeness (QED) is 0.880. The van der Waals surface area contributed by atoms with Crippen molar-refractivity contribution >= 4 is 17.2 Å². The van der Waals surface area contributed by atoms with Crippen LogP contribution >= 0.6 is 11.3 Å². The Balaban J connectivity index is 1.72. The number of hydrogen-bond acceptors (Lipinski definition) is 3. The zero-order valence-corrected chi connectivity index (χ0v) is 11.7. The number of carbonyl (C=O) groups excluding carboxylic acids is 1. The Morgan fingerprint density at radius 3 is 2.74 bits per heavy atom. The average molecular weight is 275 g/mol. The molecule has 0 bridgehead atoms. The molecule has 0 radical (unpaired) electrons. The maximum atomic E-state index is 11.8. The highest BCUT2D eigenvalue weighted by molar-refractivity contribution is 7.10. The molecule has 0 saturated heterocycles. The van der Waals surface area contributed by atoms with Crippen molar-refractivity contribution in [2.45, 2.75) is 19.4 Å². The van der Waals surface area contributed by atoms with Crippen molar-refractivity contribution < 1.29 is 9.53 Å². The Bertz CT molecular complexity index is 496. The van der Waals surface area contributed by atoms with Gasteiger partial charge in [-0.25, -0.2) is 0 Å². The first kappa shape index (κ1) is 13.6. The van der Waals surface area contributed by atoms with E-state index in [1.807, 2.05) is 54.8 Å². The van der Waals surface area contributed by atoms with E-state index in [1.54, 1.807) is 11.3 Å². The Morgan fingerprint density at radius 1 is 1.26 bits per heavy atom. The summed E-state index contributed by atoms with van der Waals surface area (Å²) in [7, 11) is 0. The molecule has 0 saturated carbocycles. The maximum absolute atomic E-state index is 11.8. The molecule has 0 aliphatic rings. The van der Waals surface area contributed by atoms with Crippen LogP contribution in [0.1, 0.15) is 11.8 Å². The van der Waals surface area contributed by atoms with Crippen LogP contribution in [0, 0.1) is 0 Å². The number of amides is 1. The first-order valence-corrected chi connectivity index (χ1v) is 7.11. The van der Waals surface area contributed by atoms with Gasteiger partial charge in [0.25, 0.3) is 0 Å². The van der Waals surface area contributed by atoms with Gasteiger partial charge in [-0.2, -0.15) is 0 Å². The highest BCUT2D eigenvalue weighted by Crippen LogP contribution is 2.10. The van der Waals surface area contributed by atoms with Crippen LogP contribution in [0.2, 0.25) is 0 Å². The van der Waals surface area contributed by atoms with Crippen LogP contribution in [0.3, 0.4) is 0 Å². The van der Waals surface area contributed by atoms with Crippen molar-refractivity contribution in [3.05, 3.63) is 52.7 Å². The van der Waals surface area contributed by atoms with Crippen LogP contribution < -0.4 is 10.1 Å². The molecule has 1 aromatic heterocycles. The number of para-hydroxylation sites is 1. The molecule has 0 unspecified atom stereocenters. The summed E-state index contributed by atoms with van der Waals surface area (Å²) < 4.78 is 5.59. The van der Waals surface area contributed by atoms with Crippen LogP contribution in [0.25, 0.3) is 0 Å². The molecular weight excluding hydrogens is 258 g/mol. The zero-order valence-electron chi connectivity index (χ0n) is 10.8. The second-order valence-corrected chi connectivity index (χ2v) is 5.38. The Morgan fingerprint density at radius 2 is 2.05 bits per heavy atom. The van der Waals surface area contributed by atoms with Gasteiger partial charge in [-0.3, -0.25) is 4.79 Å².